The minimum Gasteiger partial charge on any atom is -0.368 e. The molecule has 1 fully saturated rings. The van der Waals surface area contributed by atoms with E-state index in [0.717, 1.165) is 31.1 Å². The maximum absolute atomic E-state index is 12.6. The van der Waals surface area contributed by atoms with Gasteiger partial charge in [-0.05, 0) is 33.6 Å². The number of hydrogen-bond acceptors (Lipinski definition) is 5. The Labute approximate surface area is 130 Å². The Morgan fingerprint density at radius 1 is 1.14 bits per heavy atom. The van der Waals surface area contributed by atoms with Crippen molar-refractivity contribution in [1.82, 2.24) is 19.7 Å². The normalized spacial score (nSPS) is 17.8. The van der Waals surface area contributed by atoms with Crippen LogP contribution in [0.15, 0.2) is 5.16 Å². The Balaban J connectivity index is 2.03. The Morgan fingerprint density at radius 3 is 2.33 bits per heavy atom. The number of carbonyl (C=O) groups excluding carboxylic acids is 1. The van der Waals surface area contributed by atoms with E-state index in [1.54, 1.807) is 0 Å². The number of rotatable bonds is 4. The molecule has 1 aromatic rings. The Hall–Kier alpha value is -1.24. The van der Waals surface area contributed by atoms with Crippen molar-refractivity contribution in [2.75, 3.05) is 18.8 Å². The highest BCUT2D eigenvalue weighted by Gasteiger charge is 2.25. The van der Waals surface area contributed by atoms with Gasteiger partial charge in [-0.15, -0.1) is 10.2 Å². The lowest BCUT2D eigenvalue weighted by molar-refractivity contribution is -0.130. The van der Waals surface area contributed by atoms with Gasteiger partial charge in [0.2, 0.25) is 11.9 Å². The molecule has 0 saturated carbocycles. The average molecular weight is 311 g/mol. The minimum atomic E-state index is -0.163. The second-order valence-corrected chi connectivity index (χ2v) is 7.11. The number of nitrogens with zero attached hydrogens (tertiary/aromatic N) is 4. The predicted octanol–water partition coefficient (Wildman–Crippen LogP) is 2.32. The summed E-state index contributed by atoms with van der Waals surface area (Å²) in [7, 11) is 0. The fourth-order valence-electron chi connectivity index (χ4n) is 2.61. The van der Waals surface area contributed by atoms with E-state index in [2.05, 4.69) is 10.2 Å². The number of thioether (sulfide) groups is 1. The zero-order valence-corrected chi connectivity index (χ0v) is 13.9. The molecule has 0 aromatic carbocycles. The van der Waals surface area contributed by atoms with Gasteiger partial charge in [0.1, 0.15) is 0 Å². The fourth-order valence-corrected chi connectivity index (χ4v) is 3.68. The lowest BCUT2D eigenvalue weighted by atomic mass is 10.2. The van der Waals surface area contributed by atoms with Crippen LogP contribution in [0, 0.1) is 0 Å². The molecule has 0 bridgehead atoms. The van der Waals surface area contributed by atoms with Crippen LogP contribution < -0.4 is 5.73 Å². The number of hydrogen-bond donors (Lipinski definition) is 1. The van der Waals surface area contributed by atoms with Crippen molar-refractivity contribution in [3.63, 3.8) is 0 Å². The van der Waals surface area contributed by atoms with Crippen LogP contribution in [0.1, 0.15) is 52.5 Å². The van der Waals surface area contributed by atoms with Crippen molar-refractivity contribution in [3.8, 4) is 0 Å². The van der Waals surface area contributed by atoms with Crippen molar-refractivity contribution in [2.24, 2.45) is 0 Å². The molecule has 1 aliphatic heterocycles. The van der Waals surface area contributed by atoms with Crippen LogP contribution in [0.25, 0.3) is 0 Å². The number of amides is 1. The number of aromatic nitrogens is 3. The molecule has 7 heteroatoms. The lowest BCUT2D eigenvalue weighted by Gasteiger charge is -2.24. The van der Waals surface area contributed by atoms with Crippen LogP contribution in [0.3, 0.4) is 0 Å². The van der Waals surface area contributed by atoms with Gasteiger partial charge in [0.15, 0.2) is 5.16 Å². The molecule has 6 nitrogen and oxygen atoms in total. The topological polar surface area (TPSA) is 77.0 Å². The van der Waals surface area contributed by atoms with Gasteiger partial charge in [-0.3, -0.25) is 9.36 Å². The van der Waals surface area contributed by atoms with E-state index in [0.29, 0.717) is 5.95 Å². The van der Waals surface area contributed by atoms with Gasteiger partial charge in [-0.2, -0.15) is 0 Å². The van der Waals surface area contributed by atoms with Crippen LogP contribution >= 0.6 is 11.8 Å². The largest absolute Gasteiger partial charge is 0.368 e. The Kier molecular flexibility index (Phi) is 5.50. The van der Waals surface area contributed by atoms with Crippen LogP contribution in [-0.2, 0) is 4.79 Å². The summed E-state index contributed by atoms with van der Waals surface area (Å²) in [5, 5.41) is 8.58. The van der Waals surface area contributed by atoms with Crippen LogP contribution in [-0.4, -0.2) is 43.9 Å². The van der Waals surface area contributed by atoms with E-state index in [1.165, 1.54) is 24.6 Å². The first-order valence-corrected chi connectivity index (χ1v) is 8.54. The van der Waals surface area contributed by atoms with E-state index < -0.39 is 0 Å². The van der Waals surface area contributed by atoms with Gasteiger partial charge < -0.3 is 10.6 Å². The summed E-state index contributed by atoms with van der Waals surface area (Å²) < 4.78 is 1.87. The highest BCUT2D eigenvalue weighted by molar-refractivity contribution is 8.00. The zero-order chi connectivity index (χ0) is 15.4. The summed E-state index contributed by atoms with van der Waals surface area (Å²) in [4.78, 5) is 14.5. The van der Waals surface area contributed by atoms with Gasteiger partial charge in [0, 0.05) is 19.1 Å². The molecule has 118 valence electrons. The van der Waals surface area contributed by atoms with Crippen molar-refractivity contribution < 1.29 is 4.79 Å². The number of nitrogen functional groups attached to an aromatic ring is 1. The number of nitrogens with two attached hydrogens (primary N) is 1. The SMILES string of the molecule is CC(Sc1nnc(N)n1C(C)C)C(=O)N1CCCCCC1. The van der Waals surface area contributed by atoms with E-state index in [4.69, 9.17) is 5.73 Å². The summed E-state index contributed by atoms with van der Waals surface area (Å²) in [6.45, 7) is 7.76. The lowest BCUT2D eigenvalue weighted by Crippen LogP contribution is -2.37. The second kappa shape index (κ2) is 7.15. The van der Waals surface area contributed by atoms with Crippen LogP contribution in [0.5, 0.6) is 0 Å². The first-order valence-electron chi connectivity index (χ1n) is 7.66. The van der Waals surface area contributed by atoms with E-state index >= 15 is 0 Å². The van der Waals surface area contributed by atoms with Crippen LogP contribution in [0.4, 0.5) is 5.95 Å². The summed E-state index contributed by atoms with van der Waals surface area (Å²) in [6.07, 6.45) is 4.67. The molecule has 21 heavy (non-hydrogen) atoms. The van der Waals surface area contributed by atoms with Crippen molar-refractivity contribution in [3.05, 3.63) is 0 Å². The molecule has 0 radical (unpaired) electrons. The molecule has 2 heterocycles. The van der Waals surface area contributed by atoms with Crippen molar-refractivity contribution in [1.29, 1.82) is 0 Å². The summed E-state index contributed by atoms with van der Waals surface area (Å²) in [6, 6.07) is 0.183. The second-order valence-electron chi connectivity index (χ2n) is 5.80. The minimum absolute atomic E-state index is 0.163. The predicted molar refractivity (Wildman–Crippen MR) is 85.2 cm³/mol. The maximum Gasteiger partial charge on any atom is 0.235 e. The summed E-state index contributed by atoms with van der Waals surface area (Å²) >= 11 is 1.45. The smallest absolute Gasteiger partial charge is 0.235 e. The summed E-state index contributed by atoms with van der Waals surface area (Å²) in [5.74, 6) is 0.598. The van der Waals surface area contributed by atoms with Crippen molar-refractivity contribution in [2.45, 2.75) is 62.9 Å². The quantitative estimate of drug-likeness (QED) is 0.864. The molecule has 0 spiro atoms. The first kappa shape index (κ1) is 16.1. The van der Waals surface area contributed by atoms with Crippen molar-refractivity contribution >= 4 is 23.6 Å². The summed E-state index contributed by atoms with van der Waals surface area (Å²) in [5.41, 5.74) is 5.84. The molecule has 1 aliphatic rings. The third-order valence-corrected chi connectivity index (χ3v) is 4.80. The Bertz CT molecular complexity index is 480. The molecular formula is C14H25N5OS. The highest BCUT2D eigenvalue weighted by Crippen LogP contribution is 2.27. The highest BCUT2D eigenvalue weighted by atomic mass is 32.2. The van der Waals surface area contributed by atoms with Gasteiger partial charge in [-0.25, -0.2) is 0 Å². The number of anilines is 1. The van der Waals surface area contributed by atoms with E-state index in [-0.39, 0.29) is 17.2 Å². The zero-order valence-electron chi connectivity index (χ0n) is 13.1. The third-order valence-electron chi connectivity index (χ3n) is 3.75. The fraction of sp³-hybridized carbons (Fsp3) is 0.786. The monoisotopic (exact) mass is 311 g/mol. The van der Waals surface area contributed by atoms with E-state index in [1.807, 2.05) is 30.2 Å². The standard InChI is InChI=1S/C14H25N5OS/c1-10(2)19-13(15)16-17-14(19)21-11(3)12(20)18-8-6-4-5-7-9-18/h10-11H,4-9H2,1-3H3,(H2,15,16). The molecule has 1 unspecified atom stereocenters. The maximum atomic E-state index is 12.6. The molecule has 1 atom stereocenters. The molecule has 1 aromatic heterocycles. The first-order chi connectivity index (χ1) is 10.0. The molecule has 1 amide bonds. The van der Waals surface area contributed by atoms with Crippen LogP contribution in [0.2, 0.25) is 0 Å². The number of likely N-dealkylation sites (tertiary alicyclic amines) is 1. The van der Waals surface area contributed by atoms with Gasteiger partial charge >= 0.3 is 0 Å². The van der Waals surface area contributed by atoms with Gasteiger partial charge in [0.05, 0.1) is 5.25 Å². The molecule has 2 N–H and O–H groups in total. The number of carbonyl (C=O) groups is 1. The molecule has 0 aliphatic carbocycles. The Morgan fingerprint density at radius 2 is 1.76 bits per heavy atom. The molecule has 2 rings (SSSR count). The van der Waals surface area contributed by atoms with Gasteiger partial charge in [-0.1, -0.05) is 24.6 Å². The van der Waals surface area contributed by atoms with Gasteiger partial charge in [0.25, 0.3) is 0 Å². The molecular weight excluding hydrogens is 286 g/mol. The molecule has 1 saturated heterocycles. The van der Waals surface area contributed by atoms with E-state index in [9.17, 15) is 4.79 Å². The third kappa shape index (κ3) is 3.90. The average Bonchev–Trinajstić information content (AvgIpc) is 2.66.